The largest absolute Gasteiger partial charge is 0.465 e. The summed E-state index contributed by atoms with van der Waals surface area (Å²) in [6.07, 6.45) is 2.14. The maximum absolute atomic E-state index is 12.6. The SMILES string of the molecule is C=CCNC(=O)Nc1ccc(NC(=O)c2[nH]c(CC)c(C(=O)OC)c2C)cc1. The van der Waals surface area contributed by atoms with Crippen molar-refractivity contribution in [3.8, 4) is 0 Å². The topological polar surface area (TPSA) is 112 Å². The number of hydrogen-bond donors (Lipinski definition) is 4. The predicted molar refractivity (Wildman–Crippen MR) is 108 cm³/mol. The van der Waals surface area contributed by atoms with Gasteiger partial charge < -0.3 is 25.7 Å². The van der Waals surface area contributed by atoms with E-state index in [1.54, 1.807) is 37.3 Å². The number of aromatic amines is 1. The van der Waals surface area contributed by atoms with E-state index in [0.717, 1.165) is 0 Å². The first-order chi connectivity index (χ1) is 13.4. The number of aromatic nitrogens is 1. The molecule has 148 valence electrons. The lowest BCUT2D eigenvalue weighted by Crippen LogP contribution is -2.28. The lowest BCUT2D eigenvalue weighted by molar-refractivity contribution is 0.0599. The van der Waals surface area contributed by atoms with Gasteiger partial charge in [0.1, 0.15) is 5.69 Å². The van der Waals surface area contributed by atoms with Crippen LogP contribution in [0.5, 0.6) is 0 Å². The summed E-state index contributed by atoms with van der Waals surface area (Å²) in [5, 5.41) is 8.04. The van der Waals surface area contributed by atoms with Crippen LogP contribution in [0.1, 0.15) is 39.0 Å². The van der Waals surface area contributed by atoms with Crippen molar-refractivity contribution in [2.75, 3.05) is 24.3 Å². The van der Waals surface area contributed by atoms with E-state index in [0.29, 0.717) is 46.9 Å². The third-order valence-electron chi connectivity index (χ3n) is 4.11. The van der Waals surface area contributed by atoms with Crippen molar-refractivity contribution in [2.45, 2.75) is 20.3 Å². The molecule has 1 heterocycles. The molecule has 1 aromatic heterocycles. The Hall–Kier alpha value is -3.55. The average molecular weight is 384 g/mol. The molecule has 0 aliphatic carbocycles. The number of anilines is 2. The smallest absolute Gasteiger partial charge is 0.339 e. The molecule has 0 atom stereocenters. The van der Waals surface area contributed by atoms with Crippen molar-refractivity contribution in [1.29, 1.82) is 0 Å². The van der Waals surface area contributed by atoms with E-state index >= 15 is 0 Å². The summed E-state index contributed by atoms with van der Waals surface area (Å²) in [6.45, 7) is 7.48. The minimum atomic E-state index is -0.477. The average Bonchev–Trinajstić information content (AvgIpc) is 3.03. The molecule has 0 bridgehead atoms. The highest BCUT2D eigenvalue weighted by Gasteiger charge is 2.23. The number of aryl methyl sites for hydroxylation is 1. The van der Waals surface area contributed by atoms with Gasteiger partial charge in [-0.25, -0.2) is 9.59 Å². The second-order valence-electron chi connectivity index (χ2n) is 5.98. The quantitative estimate of drug-likeness (QED) is 0.434. The number of hydrogen-bond acceptors (Lipinski definition) is 4. The molecule has 8 heteroatoms. The summed E-state index contributed by atoms with van der Waals surface area (Å²) in [5.74, 6) is -0.846. The number of amides is 3. The van der Waals surface area contributed by atoms with Crippen molar-refractivity contribution in [3.63, 3.8) is 0 Å². The molecule has 1 aromatic carbocycles. The van der Waals surface area contributed by atoms with Crippen LogP contribution in [0, 0.1) is 6.92 Å². The van der Waals surface area contributed by atoms with Crippen LogP contribution in [0.15, 0.2) is 36.9 Å². The van der Waals surface area contributed by atoms with Crippen molar-refractivity contribution in [3.05, 3.63) is 59.4 Å². The summed E-state index contributed by atoms with van der Waals surface area (Å²) in [6, 6.07) is 6.33. The Morgan fingerprint density at radius 1 is 1.14 bits per heavy atom. The standard InChI is InChI=1S/C20H24N4O4/c1-5-11-21-20(27)23-14-9-7-13(8-10-14)22-18(25)17-12(3)16(19(26)28-4)15(6-2)24-17/h5,7-10,24H,1,6,11H2,2-4H3,(H,22,25)(H2,21,23,27). The highest BCUT2D eigenvalue weighted by Crippen LogP contribution is 2.22. The molecule has 2 rings (SSSR count). The van der Waals surface area contributed by atoms with Gasteiger partial charge in [-0.2, -0.15) is 0 Å². The number of methoxy groups -OCH3 is 1. The Labute approximate surface area is 163 Å². The minimum Gasteiger partial charge on any atom is -0.465 e. The summed E-state index contributed by atoms with van der Waals surface area (Å²) in [4.78, 5) is 39.2. The molecule has 0 spiro atoms. The molecule has 0 radical (unpaired) electrons. The van der Waals surface area contributed by atoms with Crippen LogP contribution in [0.4, 0.5) is 16.2 Å². The van der Waals surface area contributed by atoms with Gasteiger partial charge in [-0.05, 0) is 43.2 Å². The molecular weight excluding hydrogens is 360 g/mol. The molecular formula is C20H24N4O4. The lowest BCUT2D eigenvalue weighted by atomic mass is 10.1. The van der Waals surface area contributed by atoms with E-state index < -0.39 is 5.97 Å². The van der Waals surface area contributed by atoms with Crippen LogP contribution in [-0.2, 0) is 11.2 Å². The second-order valence-corrected chi connectivity index (χ2v) is 5.98. The molecule has 2 aromatic rings. The number of esters is 1. The zero-order valence-corrected chi connectivity index (χ0v) is 16.1. The summed E-state index contributed by atoms with van der Waals surface area (Å²) in [7, 11) is 1.31. The number of urea groups is 1. The van der Waals surface area contributed by atoms with Gasteiger partial charge in [0.15, 0.2) is 0 Å². The van der Waals surface area contributed by atoms with Gasteiger partial charge in [0.25, 0.3) is 5.91 Å². The normalized spacial score (nSPS) is 10.1. The van der Waals surface area contributed by atoms with Crippen molar-refractivity contribution in [1.82, 2.24) is 10.3 Å². The molecule has 0 saturated carbocycles. The molecule has 0 aliphatic rings. The number of carbonyl (C=O) groups is 3. The minimum absolute atomic E-state index is 0.309. The van der Waals surface area contributed by atoms with Crippen molar-refractivity contribution >= 4 is 29.3 Å². The number of H-pyrrole nitrogens is 1. The van der Waals surface area contributed by atoms with Gasteiger partial charge in [0.05, 0.1) is 12.7 Å². The molecule has 0 unspecified atom stereocenters. The first-order valence-electron chi connectivity index (χ1n) is 8.78. The predicted octanol–water partition coefficient (Wildman–Crippen LogP) is 3.23. The van der Waals surface area contributed by atoms with Crippen LogP contribution < -0.4 is 16.0 Å². The molecule has 0 aliphatic heterocycles. The van der Waals surface area contributed by atoms with E-state index in [9.17, 15) is 14.4 Å². The molecule has 0 fully saturated rings. The maximum atomic E-state index is 12.6. The van der Waals surface area contributed by atoms with E-state index in [4.69, 9.17) is 4.74 Å². The highest BCUT2D eigenvalue weighted by atomic mass is 16.5. The number of nitrogens with one attached hydrogen (secondary N) is 4. The van der Waals surface area contributed by atoms with Crippen LogP contribution in [0.2, 0.25) is 0 Å². The fraction of sp³-hybridized carbons (Fsp3) is 0.250. The lowest BCUT2D eigenvalue weighted by Gasteiger charge is -2.08. The molecule has 0 saturated heterocycles. The third kappa shape index (κ3) is 4.79. The maximum Gasteiger partial charge on any atom is 0.339 e. The zero-order chi connectivity index (χ0) is 20.7. The highest BCUT2D eigenvalue weighted by molar-refractivity contribution is 6.07. The molecule has 8 nitrogen and oxygen atoms in total. The fourth-order valence-electron chi connectivity index (χ4n) is 2.70. The van der Waals surface area contributed by atoms with Crippen LogP contribution >= 0.6 is 0 Å². The van der Waals surface area contributed by atoms with Gasteiger partial charge in [0, 0.05) is 23.6 Å². The molecule has 4 N–H and O–H groups in total. The first kappa shape index (κ1) is 20.8. The van der Waals surface area contributed by atoms with E-state index in [2.05, 4.69) is 27.5 Å². The van der Waals surface area contributed by atoms with Crippen LogP contribution in [0.25, 0.3) is 0 Å². The Morgan fingerprint density at radius 3 is 2.29 bits per heavy atom. The molecule has 28 heavy (non-hydrogen) atoms. The summed E-state index contributed by atoms with van der Waals surface area (Å²) >= 11 is 0. The Bertz CT molecular complexity index is 884. The number of rotatable bonds is 7. The third-order valence-corrected chi connectivity index (χ3v) is 4.11. The zero-order valence-electron chi connectivity index (χ0n) is 16.1. The van der Waals surface area contributed by atoms with Gasteiger partial charge in [-0.3, -0.25) is 4.79 Å². The van der Waals surface area contributed by atoms with E-state index in [-0.39, 0.29) is 11.9 Å². The van der Waals surface area contributed by atoms with Gasteiger partial charge in [0.2, 0.25) is 0 Å². The second kappa shape index (κ2) is 9.40. The van der Waals surface area contributed by atoms with E-state index in [1.807, 2.05) is 6.92 Å². The monoisotopic (exact) mass is 384 g/mol. The summed E-state index contributed by atoms with van der Waals surface area (Å²) in [5.41, 5.74) is 3.02. The first-order valence-corrected chi connectivity index (χ1v) is 8.78. The van der Waals surface area contributed by atoms with Gasteiger partial charge in [-0.15, -0.1) is 6.58 Å². The Kier molecular flexibility index (Phi) is 6.97. The van der Waals surface area contributed by atoms with E-state index in [1.165, 1.54) is 7.11 Å². The molecule has 3 amide bonds. The fourth-order valence-corrected chi connectivity index (χ4v) is 2.70. The van der Waals surface area contributed by atoms with Crippen LogP contribution in [-0.4, -0.2) is 36.5 Å². The number of benzene rings is 1. The number of carbonyl (C=O) groups excluding carboxylic acids is 3. The summed E-state index contributed by atoms with van der Waals surface area (Å²) < 4.78 is 4.80. The van der Waals surface area contributed by atoms with Gasteiger partial charge >= 0.3 is 12.0 Å². The van der Waals surface area contributed by atoms with Gasteiger partial charge in [-0.1, -0.05) is 13.0 Å². The Balaban J connectivity index is 2.11. The van der Waals surface area contributed by atoms with Crippen LogP contribution in [0.3, 0.4) is 0 Å². The van der Waals surface area contributed by atoms with Crippen molar-refractivity contribution in [2.24, 2.45) is 0 Å². The van der Waals surface area contributed by atoms with Crippen molar-refractivity contribution < 1.29 is 19.1 Å². The number of ether oxygens (including phenoxy) is 1. The Morgan fingerprint density at radius 2 is 1.75 bits per heavy atom.